The molecule has 43 heavy (non-hydrogen) atoms. The van der Waals surface area contributed by atoms with E-state index in [-0.39, 0.29) is 28.1 Å². The van der Waals surface area contributed by atoms with Crippen LogP contribution in [0.25, 0.3) is 10.8 Å². The molecular weight excluding hydrogens is 570 g/mol. The number of aliphatic hydroxyl groups is 1. The van der Waals surface area contributed by atoms with Gasteiger partial charge in [0.2, 0.25) is 12.4 Å². The van der Waals surface area contributed by atoms with Crippen LogP contribution in [0.2, 0.25) is 0 Å². The molecule has 0 radical (unpaired) electrons. The summed E-state index contributed by atoms with van der Waals surface area (Å²) >= 11 is 0. The molecule has 16 heteroatoms. The molecule has 1 saturated carbocycles. The van der Waals surface area contributed by atoms with E-state index in [0.717, 1.165) is 13.0 Å². The van der Waals surface area contributed by atoms with Gasteiger partial charge in [0.25, 0.3) is 5.56 Å². The molecule has 5 atom stereocenters. The Hall–Kier alpha value is -4.57. The third-order valence-electron chi connectivity index (χ3n) is 7.37. The van der Waals surface area contributed by atoms with E-state index in [1.54, 1.807) is 27.7 Å². The van der Waals surface area contributed by atoms with Gasteiger partial charge in [0, 0.05) is 24.6 Å². The summed E-state index contributed by atoms with van der Waals surface area (Å²) in [6.45, 7) is 8.43. The van der Waals surface area contributed by atoms with Crippen LogP contribution in [-0.2, 0) is 38.1 Å². The average Bonchev–Trinajstić information content (AvgIpc) is 3.26. The van der Waals surface area contributed by atoms with Crippen molar-refractivity contribution in [2.24, 2.45) is 16.8 Å². The first kappa shape index (κ1) is 29.9. The van der Waals surface area contributed by atoms with E-state index in [9.17, 15) is 29.1 Å². The minimum Gasteiger partial charge on any atom is -0.455 e. The molecule has 16 nitrogen and oxygen atoms in total. The van der Waals surface area contributed by atoms with Gasteiger partial charge in [0.15, 0.2) is 17.9 Å². The highest BCUT2D eigenvalue weighted by Gasteiger charge is 2.87. The zero-order valence-electron chi connectivity index (χ0n) is 24.2. The standard InChI is InChI=1S/C27H31N5O11/c1-11(2)22(35)41-18-19-27(18,43-23(36)12(3)4)26(6,38)24(42-19)32-8-14-15(30-25(37)40-10-39-13(5)33)7-16(34)31-20-17(14)21(32)29-9-28-20/h7-9,11-12,18-19,24,38H,10H2,1-6H3,(H,30,37)(H,28,29,31,34)/t18?,19-,24-,26+,27-/m1/s1. The summed E-state index contributed by atoms with van der Waals surface area (Å²) in [5.41, 5.74) is -4.43. The van der Waals surface area contributed by atoms with Gasteiger partial charge in [-0.3, -0.25) is 24.5 Å². The number of carbonyl (C=O) groups excluding carboxylic acids is 4. The molecule has 2 aromatic heterocycles. The average molecular weight is 602 g/mol. The number of esters is 3. The second kappa shape index (κ2) is 10.6. The molecule has 3 N–H and O–H groups in total. The number of rotatable bonds is 8. The summed E-state index contributed by atoms with van der Waals surface area (Å²) in [4.78, 5) is 69.6. The van der Waals surface area contributed by atoms with Crippen LogP contribution in [0, 0.1) is 11.8 Å². The lowest BCUT2D eigenvalue weighted by Gasteiger charge is -2.35. The predicted octanol–water partition coefficient (Wildman–Crippen LogP) is 1.72. The van der Waals surface area contributed by atoms with Crippen molar-refractivity contribution in [1.29, 1.82) is 0 Å². The maximum Gasteiger partial charge on any atom is 0.414 e. The topological polar surface area (TPSA) is 206 Å². The van der Waals surface area contributed by atoms with Crippen molar-refractivity contribution in [3.8, 4) is 0 Å². The van der Waals surface area contributed by atoms with Crippen LogP contribution in [0.1, 0.15) is 47.8 Å². The molecular formula is C27H31N5O11. The van der Waals surface area contributed by atoms with Gasteiger partial charge >= 0.3 is 24.0 Å². The molecule has 0 bridgehead atoms. The third-order valence-corrected chi connectivity index (χ3v) is 7.37. The van der Waals surface area contributed by atoms with Crippen LogP contribution < -0.4 is 16.2 Å². The zero-order valence-corrected chi connectivity index (χ0v) is 24.2. The summed E-state index contributed by atoms with van der Waals surface area (Å²) in [5, 5.41) is 17.8. The summed E-state index contributed by atoms with van der Waals surface area (Å²) in [6, 6.07) is 1.05. The number of ether oxygens (including phenoxy) is 5. The minimum absolute atomic E-state index is 0.0297. The van der Waals surface area contributed by atoms with Gasteiger partial charge in [0.05, 0.1) is 29.2 Å². The smallest absolute Gasteiger partial charge is 0.414 e. The molecule has 5 rings (SSSR count). The second-order valence-electron chi connectivity index (χ2n) is 11.2. The fourth-order valence-electron chi connectivity index (χ4n) is 5.11. The first-order valence-electron chi connectivity index (χ1n) is 13.5. The fraction of sp³-hybridized carbons (Fsp3) is 0.519. The number of hydrogen-bond acceptors (Lipinski definition) is 14. The van der Waals surface area contributed by atoms with Crippen molar-refractivity contribution in [2.45, 2.75) is 71.2 Å². The van der Waals surface area contributed by atoms with Crippen molar-refractivity contribution in [2.75, 3.05) is 17.4 Å². The normalized spacial score (nSPS) is 26.5. The van der Waals surface area contributed by atoms with Crippen LogP contribution in [0.3, 0.4) is 0 Å². The maximum absolute atomic E-state index is 12.8. The molecule has 2 aromatic rings. The van der Waals surface area contributed by atoms with E-state index in [1.807, 2.05) is 0 Å². The monoisotopic (exact) mass is 601 g/mol. The van der Waals surface area contributed by atoms with Crippen molar-refractivity contribution in [1.82, 2.24) is 9.55 Å². The molecule has 4 heterocycles. The van der Waals surface area contributed by atoms with Crippen molar-refractivity contribution in [3.05, 3.63) is 22.6 Å². The maximum atomic E-state index is 12.8. The minimum atomic E-state index is -1.97. The molecule has 3 aliphatic rings. The van der Waals surface area contributed by atoms with E-state index < -0.39 is 77.8 Å². The number of nitrogens with one attached hydrogen (secondary N) is 2. The van der Waals surface area contributed by atoms with Crippen LogP contribution in [0.4, 0.5) is 22.1 Å². The van der Waals surface area contributed by atoms with Crippen molar-refractivity contribution in [3.63, 3.8) is 0 Å². The van der Waals surface area contributed by atoms with Crippen LogP contribution in [0.5, 0.6) is 0 Å². The first-order chi connectivity index (χ1) is 20.2. The largest absolute Gasteiger partial charge is 0.455 e. The number of hydrogen-bond donors (Lipinski definition) is 3. The van der Waals surface area contributed by atoms with E-state index in [4.69, 9.17) is 18.9 Å². The molecule has 230 valence electrons. The Morgan fingerprint density at radius 2 is 1.86 bits per heavy atom. The number of anilines is 2. The highest BCUT2D eigenvalue weighted by atomic mass is 16.7. The summed E-state index contributed by atoms with van der Waals surface area (Å²) in [6.07, 6.45) is -1.58. The van der Waals surface area contributed by atoms with Crippen molar-refractivity contribution >= 4 is 58.4 Å². The van der Waals surface area contributed by atoms with Crippen LogP contribution in [-0.4, -0.2) is 75.2 Å². The molecule has 1 saturated heterocycles. The van der Waals surface area contributed by atoms with Gasteiger partial charge in [-0.05, 0) is 6.92 Å². The summed E-state index contributed by atoms with van der Waals surface area (Å²) in [7, 11) is 0. The van der Waals surface area contributed by atoms with Crippen LogP contribution >= 0.6 is 0 Å². The van der Waals surface area contributed by atoms with E-state index in [1.165, 1.54) is 24.0 Å². The number of fused-ring (bicyclic) bond motifs is 1. The number of aliphatic imine (C=N–C) groups is 1. The van der Waals surface area contributed by atoms with Crippen LogP contribution in [0.15, 0.2) is 22.1 Å². The molecule has 1 amide bonds. The lowest BCUT2D eigenvalue weighted by molar-refractivity contribution is -0.197. The van der Waals surface area contributed by atoms with E-state index >= 15 is 0 Å². The second-order valence-corrected chi connectivity index (χ2v) is 11.2. The Morgan fingerprint density at radius 3 is 2.51 bits per heavy atom. The zero-order chi connectivity index (χ0) is 31.4. The lowest BCUT2D eigenvalue weighted by atomic mass is 9.94. The molecule has 1 aliphatic carbocycles. The van der Waals surface area contributed by atoms with E-state index in [2.05, 4.69) is 25.3 Å². The quantitative estimate of drug-likeness (QED) is 0.224. The van der Waals surface area contributed by atoms with Gasteiger partial charge < -0.3 is 38.7 Å². The highest BCUT2D eigenvalue weighted by molar-refractivity contribution is 6.12. The number of aromatic nitrogens is 2. The Morgan fingerprint density at radius 1 is 1.16 bits per heavy atom. The summed E-state index contributed by atoms with van der Waals surface area (Å²) in [5.74, 6) is -2.58. The Labute approximate surface area is 244 Å². The number of amides is 1. The van der Waals surface area contributed by atoms with Gasteiger partial charge in [-0.15, -0.1) is 0 Å². The third kappa shape index (κ3) is 4.95. The van der Waals surface area contributed by atoms with E-state index in [0.29, 0.717) is 0 Å². The molecule has 1 unspecified atom stereocenters. The lowest BCUT2D eigenvalue weighted by Crippen LogP contribution is -2.51. The fourth-order valence-corrected chi connectivity index (χ4v) is 5.11. The Bertz CT molecular complexity index is 1610. The SMILES string of the molecule is CC(=O)OCOC(=O)Nc1cc(=O)nc2c3c(n([C@@H]4O[C@@H]5C(OC(=O)C(C)C)[C@]5(OC(=O)C(C)C)[C@@]4(C)O)cc13)N=CN2. The van der Waals surface area contributed by atoms with Gasteiger partial charge in [-0.2, -0.15) is 4.98 Å². The predicted molar refractivity (Wildman–Crippen MR) is 147 cm³/mol. The van der Waals surface area contributed by atoms with Gasteiger partial charge in [-0.25, -0.2) is 9.79 Å². The summed E-state index contributed by atoms with van der Waals surface area (Å²) < 4.78 is 28.5. The number of nitrogens with zero attached hydrogens (tertiary/aromatic N) is 3. The molecule has 0 aromatic carbocycles. The Kier molecular flexibility index (Phi) is 7.38. The first-order valence-corrected chi connectivity index (χ1v) is 13.5. The molecule has 0 spiro atoms. The van der Waals surface area contributed by atoms with Gasteiger partial charge in [-0.1, -0.05) is 27.7 Å². The highest BCUT2D eigenvalue weighted by Crippen LogP contribution is 2.64. The molecule has 2 fully saturated rings. The molecule has 2 aliphatic heterocycles. The van der Waals surface area contributed by atoms with Gasteiger partial charge in [0.1, 0.15) is 17.7 Å². The Balaban J connectivity index is 1.56. The van der Waals surface area contributed by atoms with Crippen molar-refractivity contribution < 1.29 is 48.0 Å². The number of carbonyl (C=O) groups is 4.